The van der Waals surface area contributed by atoms with Gasteiger partial charge in [-0.05, 0) is 0 Å². The van der Waals surface area contributed by atoms with Gasteiger partial charge in [0.05, 0.1) is 0 Å². The first kappa shape index (κ1) is 9.32. The van der Waals surface area contributed by atoms with E-state index in [1.165, 1.54) is 0 Å². The minimum absolute atomic E-state index is 0. The molecular weight excluding hydrogens is 222 g/mol. The fourth-order valence-corrected chi connectivity index (χ4v) is 2.22. The molecule has 2 nitrogen and oxygen atoms in total. The Labute approximate surface area is 108 Å². The maximum absolute atomic E-state index is 5.29. The molecule has 1 radical (unpaired) electrons. The molecule has 10 heavy (non-hydrogen) atoms. The number of hydrogen-bond acceptors (Lipinski definition) is 2. The van der Waals surface area contributed by atoms with Crippen LogP contribution in [-0.4, -0.2) is 79.1 Å². The molecule has 0 aliphatic carbocycles. The Kier molecular flexibility index (Phi) is 4.02. The van der Waals surface area contributed by atoms with Gasteiger partial charge in [0.25, 0.3) is 0 Å². The zero-order chi connectivity index (χ0) is 6.10. The van der Waals surface area contributed by atoms with Crippen molar-refractivity contribution in [3.05, 3.63) is 9.88 Å². The van der Waals surface area contributed by atoms with Crippen molar-refractivity contribution in [3.63, 3.8) is 0 Å². The van der Waals surface area contributed by atoms with Crippen LogP contribution in [0, 0.1) is 0 Å². The summed E-state index contributed by atoms with van der Waals surface area (Å²) in [5, 5.41) is 0. The standard InChI is InChI=1S/C6H6O2Se.K/c1-2-8-6-4-9-3-5(6)7-1;/h3-4H,1-2H2;. The molecule has 0 unspecified atom stereocenters. The Balaban J connectivity index is 0.000000500. The zero-order valence-electron chi connectivity index (χ0n) is 5.79. The van der Waals surface area contributed by atoms with Crippen LogP contribution >= 0.6 is 0 Å². The summed E-state index contributed by atoms with van der Waals surface area (Å²) >= 11 is 0.481. The van der Waals surface area contributed by atoms with Crippen molar-refractivity contribution >= 4 is 65.9 Å². The number of rotatable bonds is 0. The summed E-state index contributed by atoms with van der Waals surface area (Å²) in [4.78, 5) is 4.20. The van der Waals surface area contributed by atoms with E-state index >= 15 is 0 Å². The van der Waals surface area contributed by atoms with Gasteiger partial charge in [0, 0.05) is 51.4 Å². The second-order valence-electron chi connectivity index (χ2n) is 1.80. The third-order valence-corrected chi connectivity index (χ3v) is 2.66. The van der Waals surface area contributed by atoms with E-state index in [1.807, 2.05) is 0 Å². The van der Waals surface area contributed by atoms with Crippen molar-refractivity contribution in [2.45, 2.75) is 0 Å². The Hall–Kier alpha value is 1.24. The van der Waals surface area contributed by atoms with Crippen LogP contribution in [0.4, 0.5) is 0 Å². The predicted octanol–water partition coefficient (Wildman–Crippen LogP) is 0.134. The first-order chi connectivity index (χ1) is 4.47. The van der Waals surface area contributed by atoms with Crippen LogP contribution in [0.3, 0.4) is 0 Å². The van der Waals surface area contributed by atoms with Gasteiger partial charge in [-0.3, -0.25) is 0 Å². The van der Waals surface area contributed by atoms with Crippen LogP contribution in [0.1, 0.15) is 0 Å². The van der Waals surface area contributed by atoms with E-state index in [1.54, 1.807) is 0 Å². The van der Waals surface area contributed by atoms with Crippen LogP contribution in [0.2, 0.25) is 0 Å². The van der Waals surface area contributed by atoms with Crippen molar-refractivity contribution in [1.29, 1.82) is 0 Å². The number of hydrogen-bond donors (Lipinski definition) is 0. The molecule has 0 saturated heterocycles. The molecule has 0 N–H and O–H groups in total. The van der Waals surface area contributed by atoms with Gasteiger partial charge in [0.2, 0.25) is 0 Å². The second kappa shape index (κ2) is 4.31. The van der Waals surface area contributed by atoms with Crippen molar-refractivity contribution < 1.29 is 9.47 Å². The van der Waals surface area contributed by atoms with Crippen LogP contribution in [0.25, 0.3) is 0 Å². The quantitative estimate of drug-likeness (QED) is 0.588. The third-order valence-electron chi connectivity index (χ3n) is 1.19. The van der Waals surface area contributed by atoms with Crippen molar-refractivity contribution in [2.75, 3.05) is 13.2 Å². The molecule has 4 heteroatoms. The van der Waals surface area contributed by atoms with Crippen molar-refractivity contribution in [2.24, 2.45) is 0 Å². The number of fused-ring (bicyclic) bond motifs is 1. The monoisotopic (exact) mass is 229 g/mol. The molecule has 1 aromatic rings. The molecule has 0 aromatic carbocycles. The maximum atomic E-state index is 5.29. The summed E-state index contributed by atoms with van der Waals surface area (Å²) in [7, 11) is 0. The van der Waals surface area contributed by atoms with Crippen molar-refractivity contribution in [1.82, 2.24) is 0 Å². The minimum atomic E-state index is 0. The zero-order valence-corrected chi connectivity index (χ0v) is 10.6. The fourth-order valence-electron chi connectivity index (χ4n) is 0.787. The Morgan fingerprint density at radius 2 is 1.60 bits per heavy atom. The summed E-state index contributed by atoms with van der Waals surface area (Å²) in [5.74, 6) is 1.92. The Morgan fingerprint density at radius 1 is 1.10 bits per heavy atom. The fraction of sp³-hybridized carbons (Fsp3) is 0.333. The van der Waals surface area contributed by atoms with E-state index in [-0.39, 0.29) is 51.4 Å². The van der Waals surface area contributed by atoms with Gasteiger partial charge in [0.15, 0.2) is 0 Å². The SMILES string of the molecule is [K].c1[se]cc2c1OCCO2. The number of ether oxygens (including phenoxy) is 2. The molecular formula is C6H6KO2Se. The van der Waals surface area contributed by atoms with Crippen LogP contribution in [0.15, 0.2) is 9.88 Å². The molecule has 49 valence electrons. The average Bonchev–Trinajstić information content (AvgIpc) is 2.33. The Bertz CT molecular complexity index is 191. The summed E-state index contributed by atoms with van der Waals surface area (Å²) in [6, 6.07) is 0. The molecule has 1 aromatic heterocycles. The Morgan fingerprint density at radius 3 is 2.10 bits per heavy atom. The van der Waals surface area contributed by atoms with Gasteiger partial charge in [0.1, 0.15) is 0 Å². The average molecular weight is 228 g/mol. The second-order valence-corrected chi connectivity index (χ2v) is 3.36. The van der Waals surface area contributed by atoms with E-state index in [9.17, 15) is 0 Å². The van der Waals surface area contributed by atoms with Crippen LogP contribution < -0.4 is 9.47 Å². The van der Waals surface area contributed by atoms with Crippen LogP contribution in [0.5, 0.6) is 11.5 Å². The van der Waals surface area contributed by atoms with E-state index < -0.39 is 0 Å². The first-order valence-electron chi connectivity index (χ1n) is 2.78. The molecule has 0 spiro atoms. The summed E-state index contributed by atoms with van der Waals surface area (Å²) < 4.78 is 10.6. The molecule has 2 heterocycles. The summed E-state index contributed by atoms with van der Waals surface area (Å²) in [6.45, 7) is 1.42. The van der Waals surface area contributed by atoms with Crippen molar-refractivity contribution in [3.8, 4) is 11.5 Å². The van der Waals surface area contributed by atoms with Gasteiger partial charge in [-0.25, -0.2) is 0 Å². The van der Waals surface area contributed by atoms with Gasteiger partial charge < -0.3 is 0 Å². The summed E-state index contributed by atoms with van der Waals surface area (Å²) in [6.07, 6.45) is 0. The van der Waals surface area contributed by atoms with E-state index in [0.29, 0.717) is 27.7 Å². The molecule has 0 saturated carbocycles. The van der Waals surface area contributed by atoms with Gasteiger partial charge >= 0.3 is 58.6 Å². The first-order valence-corrected chi connectivity index (χ1v) is 4.76. The van der Waals surface area contributed by atoms with Gasteiger partial charge in [-0.2, -0.15) is 0 Å². The molecule has 0 bridgehead atoms. The third kappa shape index (κ3) is 1.88. The summed E-state index contributed by atoms with van der Waals surface area (Å²) in [5.41, 5.74) is 0. The molecule has 0 atom stereocenters. The van der Waals surface area contributed by atoms with Gasteiger partial charge in [-0.1, -0.05) is 0 Å². The van der Waals surface area contributed by atoms with E-state index in [4.69, 9.17) is 9.47 Å². The molecule has 1 aliphatic heterocycles. The predicted molar refractivity (Wildman–Crippen MR) is 40.1 cm³/mol. The molecule has 0 amide bonds. The van der Waals surface area contributed by atoms with Gasteiger partial charge in [-0.15, -0.1) is 0 Å². The van der Waals surface area contributed by atoms with E-state index in [2.05, 4.69) is 9.88 Å². The molecule has 0 fully saturated rings. The van der Waals surface area contributed by atoms with Crippen LogP contribution in [-0.2, 0) is 0 Å². The molecule has 2 rings (SSSR count). The van der Waals surface area contributed by atoms with E-state index in [0.717, 1.165) is 11.5 Å². The topological polar surface area (TPSA) is 18.5 Å². The normalized spacial score (nSPS) is 14.0. The molecule has 1 aliphatic rings.